The van der Waals surface area contributed by atoms with Crippen molar-refractivity contribution in [3.05, 3.63) is 0 Å². The first-order valence-corrected chi connectivity index (χ1v) is 10.00. The van der Waals surface area contributed by atoms with Gasteiger partial charge in [-0.15, -0.1) is 0 Å². The van der Waals surface area contributed by atoms with Crippen molar-refractivity contribution < 1.29 is 19.1 Å². The van der Waals surface area contributed by atoms with E-state index in [2.05, 4.69) is 10.1 Å². The number of esters is 1. The standard InChI is InChI=1S/C19H33N3O4/c1-26-17(23)8-4-5-11-20-19(25)22-14-9-16(10-15-22)18(24)21-12-6-2-3-7-13-21/h16H,2-15H2,1H3,(H,20,25). The summed E-state index contributed by atoms with van der Waals surface area (Å²) in [7, 11) is 1.38. The van der Waals surface area contributed by atoms with Crippen LogP contribution in [0.25, 0.3) is 0 Å². The number of urea groups is 1. The van der Waals surface area contributed by atoms with Crippen LogP contribution in [-0.2, 0) is 14.3 Å². The van der Waals surface area contributed by atoms with E-state index in [0.717, 1.165) is 45.2 Å². The van der Waals surface area contributed by atoms with Gasteiger partial charge in [0.05, 0.1) is 7.11 Å². The van der Waals surface area contributed by atoms with Gasteiger partial charge in [0.1, 0.15) is 0 Å². The molecule has 2 rings (SSSR count). The van der Waals surface area contributed by atoms with E-state index in [1.807, 2.05) is 4.90 Å². The number of carbonyl (C=O) groups excluding carboxylic acids is 3. The summed E-state index contributed by atoms with van der Waals surface area (Å²) in [5.41, 5.74) is 0. The Balaban J connectivity index is 1.63. The van der Waals surface area contributed by atoms with Crippen molar-refractivity contribution in [2.45, 2.75) is 57.8 Å². The Labute approximate surface area is 156 Å². The van der Waals surface area contributed by atoms with E-state index in [-0.39, 0.29) is 23.8 Å². The molecule has 0 aromatic rings. The first-order chi connectivity index (χ1) is 12.6. The number of amides is 3. The lowest BCUT2D eigenvalue weighted by molar-refractivity contribution is -0.140. The number of carbonyl (C=O) groups is 3. The molecule has 26 heavy (non-hydrogen) atoms. The monoisotopic (exact) mass is 367 g/mol. The van der Waals surface area contributed by atoms with E-state index in [0.29, 0.717) is 32.5 Å². The van der Waals surface area contributed by atoms with E-state index < -0.39 is 0 Å². The van der Waals surface area contributed by atoms with E-state index in [4.69, 9.17) is 0 Å². The van der Waals surface area contributed by atoms with Gasteiger partial charge < -0.3 is 19.9 Å². The van der Waals surface area contributed by atoms with Crippen LogP contribution in [0.5, 0.6) is 0 Å². The van der Waals surface area contributed by atoms with Gasteiger partial charge >= 0.3 is 12.0 Å². The minimum absolute atomic E-state index is 0.0660. The molecule has 2 aliphatic heterocycles. The topological polar surface area (TPSA) is 79.0 Å². The Bertz CT molecular complexity index is 467. The number of nitrogens with zero attached hydrogens (tertiary/aromatic N) is 2. The maximum atomic E-state index is 12.7. The maximum Gasteiger partial charge on any atom is 0.317 e. The lowest BCUT2D eigenvalue weighted by Gasteiger charge is -2.34. The fourth-order valence-electron chi connectivity index (χ4n) is 3.68. The lowest BCUT2D eigenvalue weighted by Crippen LogP contribution is -2.47. The molecule has 0 aliphatic carbocycles. The molecule has 2 aliphatic rings. The molecule has 0 radical (unpaired) electrons. The summed E-state index contributed by atoms with van der Waals surface area (Å²) < 4.78 is 4.59. The molecule has 0 atom stereocenters. The van der Waals surface area contributed by atoms with Gasteiger partial charge in [-0.2, -0.15) is 0 Å². The lowest BCUT2D eigenvalue weighted by atomic mass is 9.95. The van der Waals surface area contributed by atoms with E-state index in [1.54, 1.807) is 4.90 Å². The van der Waals surface area contributed by atoms with E-state index >= 15 is 0 Å². The highest BCUT2D eigenvalue weighted by molar-refractivity contribution is 5.80. The molecule has 7 nitrogen and oxygen atoms in total. The normalized spacial score (nSPS) is 19.0. The Hall–Kier alpha value is -1.79. The van der Waals surface area contributed by atoms with Gasteiger partial charge in [-0.05, 0) is 38.5 Å². The van der Waals surface area contributed by atoms with Gasteiger partial charge in [-0.1, -0.05) is 12.8 Å². The molecule has 3 amide bonds. The number of ether oxygens (including phenoxy) is 1. The van der Waals surface area contributed by atoms with Crippen LogP contribution in [0.1, 0.15) is 57.8 Å². The van der Waals surface area contributed by atoms with Crippen LogP contribution in [0.3, 0.4) is 0 Å². The van der Waals surface area contributed by atoms with Crippen LogP contribution in [0.4, 0.5) is 4.79 Å². The number of hydrogen-bond donors (Lipinski definition) is 1. The fraction of sp³-hybridized carbons (Fsp3) is 0.842. The summed E-state index contributed by atoms with van der Waals surface area (Å²) >= 11 is 0. The van der Waals surface area contributed by atoms with Gasteiger partial charge in [0.15, 0.2) is 0 Å². The van der Waals surface area contributed by atoms with Crippen molar-refractivity contribution >= 4 is 17.9 Å². The van der Waals surface area contributed by atoms with E-state index in [1.165, 1.54) is 20.0 Å². The predicted molar refractivity (Wildman–Crippen MR) is 98.6 cm³/mol. The Morgan fingerprint density at radius 2 is 1.58 bits per heavy atom. The number of hydrogen-bond acceptors (Lipinski definition) is 4. The second kappa shape index (κ2) is 11.0. The van der Waals surface area contributed by atoms with Crippen molar-refractivity contribution in [1.29, 1.82) is 0 Å². The number of rotatable bonds is 6. The molecular formula is C19H33N3O4. The Morgan fingerprint density at radius 1 is 0.923 bits per heavy atom. The van der Waals surface area contributed by atoms with Crippen molar-refractivity contribution in [2.75, 3.05) is 39.8 Å². The second-order valence-corrected chi connectivity index (χ2v) is 7.27. The maximum absolute atomic E-state index is 12.7. The first-order valence-electron chi connectivity index (χ1n) is 10.00. The molecule has 2 fully saturated rings. The number of piperidine rings is 1. The molecule has 0 aromatic heterocycles. The zero-order valence-electron chi connectivity index (χ0n) is 16.0. The van der Waals surface area contributed by atoms with Crippen molar-refractivity contribution in [2.24, 2.45) is 5.92 Å². The first kappa shape index (κ1) is 20.5. The largest absolute Gasteiger partial charge is 0.469 e. The molecule has 1 N–H and O–H groups in total. The fourth-order valence-corrected chi connectivity index (χ4v) is 3.68. The molecular weight excluding hydrogens is 334 g/mol. The quantitative estimate of drug-likeness (QED) is 0.576. The van der Waals surface area contributed by atoms with Gasteiger partial charge in [0, 0.05) is 45.1 Å². The molecule has 2 saturated heterocycles. The number of methoxy groups -OCH3 is 1. The smallest absolute Gasteiger partial charge is 0.317 e. The second-order valence-electron chi connectivity index (χ2n) is 7.27. The number of unbranched alkanes of at least 4 members (excludes halogenated alkanes) is 1. The zero-order chi connectivity index (χ0) is 18.8. The predicted octanol–water partition coefficient (Wildman–Crippen LogP) is 2.15. The molecule has 148 valence electrons. The van der Waals surface area contributed by atoms with Crippen molar-refractivity contribution in [3.63, 3.8) is 0 Å². The summed E-state index contributed by atoms with van der Waals surface area (Å²) in [6.07, 6.45) is 8.03. The molecule has 0 aromatic carbocycles. The summed E-state index contributed by atoms with van der Waals surface area (Å²) in [4.78, 5) is 39.7. The third-order valence-electron chi connectivity index (χ3n) is 5.36. The van der Waals surface area contributed by atoms with Crippen molar-refractivity contribution in [3.8, 4) is 0 Å². The number of likely N-dealkylation sites (tertiary alicyclic amines) is 2. The van der Waals surface area contributed by atoms with Crippen LogP contribution in [0, 0.1) is 5.92 Å². The third-order valence-corrected chi connectivity index (χ3v) is 5.36. The van der Waals surface area contributed by atoms with Gasteiger partial charge in [-0.3, -0.25) is 9.59 Å². The molecule has 2 heterocycles. The minimum Gasteiger partial charge on any atom is -0.469 e. The Morgan fingerprint density at radius 3 is 2.19 bits per heavy atom. The third kappa shape index (κ3) is 6.50. The van der Waals surface area contributed by atoms with Crippen LogP contribution in [0.15, 0.2) is 0 Å². The molecule has 0 spiro atoms. The summed E-state index contributed by atoms with van der Waals surface area (Å²) in [6.45, 7) is 3.62. The average Bonchev–Trinajstić information content (AvgIpc) is 2.96. The van der Waals surface area contributed by atoms with Crippen LogP contribution >= 0.6 is 0 Å². The summed E-state index contributed by atoms with van der Waals surface area (Å²) in [5, 5.41) is 2.90. The molecule has 0 bridgehead atoms. The van der Waals surface area contributed by atoms with Crippen LogP contribution in [0.2, 0.25) is 0 Å². The highest BCUT2D eigenvalue weighted by Crippen LogP contribution is 2.21. The van der Waals surface area contributed by atoms with Crippen molar-refractivity contribution in [1.82, 2.24) is 15.1 Å². The van der Waals surface area contributed by atoms with Crippen LogP contribution < -0.4 is 5.32 Å². The zero-order valence-corrected chi connectivity index (χ0v) is 16.0. The summed E-state index contributed by atoms with van der Waals surface area (Å²) in [6, 6.07) is -0.0660. The molecule has 0 unspecified atom stereocenters. The van der Waals surface area contributed by atoms with E-state index in [9.17, 15) is 14.4 Å². The van der Waals surface area contributed by atoms with Gasteiger partial charge in [-0.25, -0.2) is 4.79 Å². The summed E-state index contributed by atoms with van der Waals surface area (Å²) in [5.74, 6) is 0.138. The SMILES string of the molecule is COC(=O)CCCCNC(=O)N1CCC(C(=O)N2CCCCCC2)CC1. The number of nitrogens with one attached hydrogen (secondary N) is 1. The highest BCUT2D eigenvalue weighted by atomic mass is 16.5. The highest BCUT2D eigenvalue weighted by Gasteiger charge is 2.30. The van der Waals surface area contributed by atoms with Crippen LogP contribution in [-0.4, -0.2) is 67.5 Å². The molecule has 7 heteroatoms. The van der Waals surface area contributed by atoms with Gasteiger partial charge in [0.2, 0.25) is 5.91 Å². The average molecular weight is 367 g/mol. The Kier molecular flexibility index (Phi) is 8.71. The molecule has 0 saturated carbocycles. The van der Waals surface area contributed by atoms with Gasteiger partial charge in [0.25, 0.3) is 0 Å². The minimum atomic E-state index is -0.215.